The van der Waals surface area contributed by atoms with Gasteiger partial charge in [0.2, 0.25) is 0 Å². The molecule has 4 saturated heterocycles. The second kappa shape index (κ2) is 22.7. The smallest absolute Gasteiger partial charge is 0.429 e. The van der Waals surface area contributed by atoms with Gasteiger partial charge in [0, 0.05) is 6.00 Å². The van der Waals surface area contributed by atoms with Gasteiger partial charge < -0.3 is 68.2 Å². The van der Waals surface area contributed by atoms with Gasteiger partial charge >= 0.3 is 18.5 Å². The lowest BCUT2D eigenvalue weighted by Gasteiger charge is -2.23. The molecule has 0 bridgehead atoms. The molecular formula is C36H65B3O17. The third kappa shape index (κ3) is 22.0. The van der Waals surface area contributed by atoms with Gasteiger partial charge in [-0.2, -0.15) is 0 Å². The van der Waals surface area contributed by atoms with Crippen LogP contribution in [0.1, 0.15) is 96.9 Å². The summed E-state index contributed by atoms with van der Waals surface area (Å²) in [5.41, 5.74) is -0.389. The third-order valence-electron chi connectivity index (χ3n) is 6.34. The zero-order valence-corrected chi connectivity index (χ0v) is 35.4. The van der Waals surface area contributed by atoms with Crippen molar-refractivity contribution in [3.05, 3.63) is 0 Å². The van der Waals surface area contributed by atoms with Crippen LogP contribution in [0.4, 0.5) is 14.4 Å². The monoisotopic (exact) mass is 802 g/mol. The fourth-order valence-electron chi connectivity index (χ4n) is 4.31. The van der Waals surface area contributed by atoms with E-state index >= 15 is 0 Å². The van der Waals surface area contributed by atoms with E-state index in [2.05, 4.69) is 55.4 Å². The first-order chi connectivity index (χ1) is 25.2. The predicted molar refractivity (Wildman–Crippen MR) is 204 cm³/mol. The van der Waals surface area contributed by atoms with Crippen LogP contribution < -0.4 is 0 Å². The van der Waals surface area contributed by atoms with E-state index < -0.39 is 116 Å². The van der Waals surface area contributed by atoms with Gasteiger partial charge in [0.15, 0.2) is 24.4 Å². The van der Waals surface area contributed by atoms with E-state index in [1.807, 2.05) is 0 Å². The Kier molecular flexibility index (Phi) is 21.8. The Bertz CT molecular complexity index is 1160. The molecule has 0 aromatic rings. The van der Waals surface area contributed by atoms with Crippen LogP contribution in [-0.2, 0) is 42.6 Å². The third-order valence-corrected chi connectivity index (χ3v) is 6.34. The maximum absolute atomic E-state index is 11.4. The lowest BCUT2D eigenvalue weighted by atomic mass is 9.93. The first-order valence-electron chi connectivity index (χ1n) is 18.3. The number of aliphatic hydroxyl groups is 5. The Labute approximate surface area is 335 Å². The van der Waals surface area contributed by atoms with Crippen LogP contribution in [0, 0.1) is 10.8 Å². The quantitative estimate of drug-likeness (QED) is 0.152. The van der Waals surface area contributed by atoms with E-state index in [1.165, 1.54) is 0 Å². The van der Waals surface area contributed by atoms with Gasteiger partial charge in [-0.3, -0.25) is 0 Å². The van der Waals surface area contributed by atoms with Crippen LogP contribution in [0.2, 0.25) is 0 Å². The van der Waals surface area contributed by atoms with Crippen LogP contribution in [0.3, 0.4) is 0 Å². The van der Waals surface area contributed by atoms with E-state index in [0.29, 0.717) is 10.8 Å². The van der Waals surface area contributed by atoms with Gasteiger partial charge in [-0.25, -0.2) is 14.4 Å². The van der Waals surface area contributed by atoms with Gasteiger partial charge in [0.25, 0.3) is 0 Å². The Morgan fingerprint density at radius 2 is 0.911 bits per heavy atom. The largest absolute Gasteiger partial charge is 0.509 e. The molecule has 0 aliphatic carbocycles. The fraction of sp³-hybridized carbons (Fsp3) is 0.917. The highest BCUT2D eigenvalue weighted by Crippen LogP contribution is 2.30. The van der Waals surface area contributed by atoms with E-state index in [-0.39, 0.29) is 6.61 Å². The van der Waals surface area contributed by atoms with Crippen molar-refractivity contribution in [2.24, 2.45) is 10.8 Å². The minimum Gasteiger partial charge on any atom is -0.429 e. The summed E-state index contributed by atoms with van der Waals surface area (Å²) < 4.78 is 44.1. The van der Waals surface area contributed by atoms with Gasteiger partial charge in [-0.1, -0.05) is 55.4 Å². The minimum absolute atomic E-state index is 0.231. The van der Waals surface area contributed by atoms with E-state index in [9.17, 15) is 24.6 Å². The van der Waals surface area contributed by atoms with Crippen molar-refractivity contribution >= 4 is 42.0 Å². The average Bonchev–Trinajstić information content (AvgIpc) is 3.68. The summed E-state index contributed by atoms with van der Waals surface area (Å²) in [6, 6.07) is -2.66. The van der Waals surface area contributed by atoms with E-state index in [4.69, 9.17) is 81.5 Å². The molecule has 320 valence electrons. The molecule has 4 fully saturated rings. The summed E-state index contributed by atoms with van der Waals surface area (Å²) in [6.45, 7) is 26.6. The van der Waals surface area contributed by atoms with Crippen LogP contribution in [-0.4, -0.2) is 172 Å². The summed E-state index contributed by atoms with van der Waals surface area (Å²) in [5, 5.41) is 45.9. The molecule has 0 aromatic carbocycles. The lowest BCUT2D eigenvalue weighted by Crippen LogP contribution is -2.39. The summed E-state index contributed by atoms with van der Waals surface area (Å²) in [4.78, 5) is 33.4. The molecule has 20 heteroatoms. The lowest BCUT2D eigenvalue weighted by molar-refractivity contribution is -0.0676. The van der Waals surface area contributed by atoms with Crippen molar-refractivity contribution in [2.75, 3.05) is 19.8 Å². The molecule has 0 amide bonds. The fourth-order valence-corrected chi connectivity index (χ4v) is 4.31. The van der Waals surface area contributed by atoms with Crippen molar-refractivity contribution in [1.82, 2.24) is 0 Å². The zero-order valence-electron chi connectivity index (χ0n) is 35.4. The molecule has 17 nitrogen and oxygen atoms in total. The molecule has 4 aliphatic rings. The molecule has 12 atom stereocenters. The molecule has 3 unspecified atom stereocenters. The van der Waals surface area contributed by atoms with Crippen molar-refractivity contribution < 1.29 is 82.5 Å². The second-order valence-electron chi connectivity index (χ2n) is 18.5. The SMILES string of the molecule is CC(C)(C)C.CC(C)(C)C.[B][C@@H]1O[C@H](CO)C(O)[C@@H]1OC(=O)OC(C)(C)C.[B][C@@H]1O[C@H](CO)C(OC(=O)OC(C)(C)C)[C@@H]1O.[B][C@@H]1O[C@H](CO)C2OC(=O)O[C@@H]21. The average molecular weight is 802 g/mol. The maximum Gasteiger partial charge on any atom is 0.509 e. The topological polar surface area (TPSA) is 235 Å². The number of hydrogen-bond donors (Lipinski definition) is 5. The molecule has 56 heavy (non-hydrogen) atoms. The Morgan fingerprint density at radius 3 is 1.29 bits per heavy atom. The first kappa shape index (κ1) is 53.7. The molecule has 4 aliphatic heterocycles. The molecule has 4 heterocycles. The standard InChI is InChI=1S/2C10H17BO6.C6H7BO5.2C5H12/c1-10(2,3)17-9(14)16-7-5(4-12)15-8(11)6(7)13;1-10(2,3)17-9(14)16-7-6(13)5(4-12)15-8(7)11;7-5-4-3(2(1-8)10-5)11-6(9)12-4;2*1-5(2,3)4/h2*5-8,12-13H,4H2,1-3H3;2-5,8H,1H2;2*1-4H3/t5-,6+,7?,8-;5-,6?,7+,8-;2-,3?,4+,5-;;/m111../s1. The van der Waals surface area contributed by atoms with Crippen LogP contribution >= 0.6 is 0 Å². The minimum atomic E-state index is -1.18. The highest BCUT2D eigenvalue weighted by molar-refractivity contribution is 6.12. The highest BCUT2D eigenvalue weighted by atomic mass is 16.8. The second-order valence-corrected chi connectivity index (χ2v) is 18.5. The molecule has 4 rings (SSSR count). The van der Waals surface area contributed by atoms with Crippen molar-refractivity contribution in [3.8, 4) is 0 Å². The van der Waals surface area contributed by atoms with Gasteiger partial charge in [0.05, 0.1) is 31.8 Å². The Balaban J connectivity index is 0.000000728. The molecule has 6 radical (unpaired) electrons. The van der Waals surface area contributed by atoms with Crippen LogP contribution in [0.5, 0.6) is 0 Å². The van der Waals surface area contributed by atoms with Crippen molar-refractivity contribution in [2.45, 2.75) is 181 Å². The summed E-state index contributed by atoms with van der Waals surface area (Å²) in [7, 11) is 16.4. The normalized spacial score (nSPS) is 32.2. The van der Waals surface area contributed by atoms with Crippen molar-refractivity contribution in [3.63, 3.8) is 0 Å². The number of fused-ring (bicyclic) bond motifs is 1. The number of carbonyl (C=O) groups is 3. The Morgan fingerprint density at radius 1 is 0.554 bits per heavy atom. The summed E-state index contributed by atoms with van der Waals surface area (Å²) >= 11 is 0. The first-order valence-corrected chi connectivity index (χ1v) is 18.3. The Hall–Kier alpha value is -2.32. The molecule has 0 saturated carbocycles. The van der Waals surface area contributed by atoms with Crippen LogP contribution in [0.15, 0.2) is 0 Å². The predicted octanol–water partition coefficient (Wildman–Crippen LogP) is 1.99. The number of hydrogen-bond acceptors (Lipinski definition) is 17. The van der Waals surface area contributed by atoms with Gasteiger partial charge in [-0.15, -0.1) is 0 Å². The zero-order chi connectivity index (χ0) is 44.1. The molecule has 5 N–H and O–H groups in total. The number of ether oxygens (including phenoxy) is 9. The molecule has 0 aromatic heterocycles. The van der Waals surface area contributed by atoms with Gasteiger partial charge in [-0.05, 0) is 52.4 Å². The molecule has 0 spiro atoms. The maximum atomic E-state index is 11.4. The molecular weight excluding hydrogens is 737 g/mol. The number of carbonyl (C=O) groups excluding carboxylic acids is 3. The van der Waals surface area contributed by atoms with E-state index in [0.717, 1.165) is 0 Å². The van der Waals surface area contributed by atoms with Gasteiger partial charge in [0.1, 0.15) is 65.3 Å². The van der Waals surface area contributed by atoms with Crippen LogP contribution in [0.25, 0.3) is 0 Å². The summed E-state index contributed by atoms with van der Waals surface area (Å²) in [5.74, 6) is 0. The summed E-state index contributed by atoms with van der Waals surface area (Å²) in [6.07, 6.45) is -10.4. The van der Waals surface area contributed by atoms with E-state index in [1.54, 1.807) is 41.5 Å². The number of rotatable bonds is 5. The number of aliphatic hydroxyl groups excluding tert-OH is 5. The highest BCUT2D eigenvalue weighted by Gasteiger charge is 2.51. The van der Waals surface area contributed by atoms with Crippen molar-refractivity contribution in [1.29, 1.82) is 0 Å².